The number of nitrogens with two attached hydrogens (primary N) is 1. The van der Waals surface area contributed by atoms with Crippen LogP contribution in [-0.2, 0) is 0 Å². The molecule has 7 heteroatoms. The number of nitrogens with zero attached hydrogens (tertiary/aromatic N) is 2. The van der Waals surface area contributed by atoms with E-state index in [1.165, 1.54) is 18.2 Å². The number of fused-ring (bicyclic) bond motifs is 1. The SMILES string of the molecule is N#Cc1cc2c(Nc3ccc(F)c(Cl)c3)c(N)oc2c(-c2ccccc2)n1. The number of aromatic nitrogens is 1. The van der Waals surface area contributed by atoms with E-state index in [1.807, 2.05) is 30.3 Å². The van der Waals surface area contributed by atoms with Crippen molar-refractivity contribution < 1.29 is 8.81 Å². The van der Waals surface area contributed by atoms with Crippen molar-refractivity contribution in [1.29, 1.82) is 5.26 Å². The lowest BCUT2D eigenvalue weighted by Gasteiger charge is -2.07. The molecule has 0 saturated carbocycles. The number of halogens is 2. The molecule has 5 nitrogen and oxygen atoms in total. The monoisotopic (exact) mass is 378 g/mol. The summed E-state index contributed by atoms with van der Waals surface area (Å²) in [6.07, 6.45) is 0. The van der Waals surface area contributed by atoms with Gasteiger partial charge >= 0.3 is 0 Å². The van der Waals surface area contributed by atoms with Crippen molar-refractivity contribution in [2.45, 2.75) is 0 Å². The van der Waals surface area contributed by atoms with Crippen LogP contribution in [0.3, 0.4) is 0 Å². The van der Waals surface area contributed by atoms with Gasteiger partial charge in [-0.1, -0.05) is 41.9 Å². The van der Waals surface area contributed by atoms with E-state index in [0.29, 0.717) is 28.0 Å². The number of furan rings is 1. The van der Waals surface area contributed by atoms with E-state index in [1.54, 1.807) is 6.07 Å². The average Bonchev–Trinajstić information content (AvgIpc) is 3.00. The summed E-state index contributed by atoms with van der Waals surface area (Å²) in [6, 6.07) is 17.2. The molecular weight excluding hydrogens is 367 g/mol. The van der Waals surface area contributed by atoms with Crippen LogP contribution in [0.1, 0.15) is 5.69 Å². The first-order valence-electron chi connectivity index (χ1n) is 7.97. The normalized spacial score (nSPS) is 10.7. The van der Waals surface area contributed by atoms with Crippen LogP contribution in [-0.4, -0.2) is 4.98 Å². The van der Waals surface area contributed by atoms with E-state index < -0.39 is 5.82 Å². The summed E-state index contributed by atoms with van der Waals surface area (Å²) in [4.78, 5) is 4.37. The van der Waals surface area contributed by atoms with Crippen LogP contribution in [0.5, 0.6) is 0 Å². The van der Waals surface area contributed by atoms with Crippen molar-refractivity contribution in [3.05, 3.63) is 71.1 Å². The molecule has 2 heterocycles. The smallest absolute Gasteiger partial charge is 0.215 e. The van der Waals surface area contributed by atoms with Gasteiger partial charge in [0, 0.05) is 11.3 Å². The van der Waals surface area contributed by atoms with Crippen LogP contribution in [0.4, 0.5) is 21.6 Å². The van der Waals surface area contributed by atoms with Crippen LogP contribution in [0.15, 0.2) is 59.0 Å². The Hall–Kier alpha value is -3.56. The first-order valence-corrected chi connectivity index (χ1v) is 8.35. The van der Waals surface area contributed by atoms with Gasteiger partial charge in [0.1, 0.15) is 29.0 Å². The molecule has 4 aromatic rings. The summed E-state index contributed by atoms with van der Waals surface area (Å²) in [7, 11) is 0. The van der Waals surface area contributed by atoms with Gasteiger partial charge in [0.2, 0.25) is 5.88 Å². The van der Waals surface area contributed by atoms with Crippen molar-refractivity contribution in [3.63, 3.8) is 0 Å². The van der Waals surface area contributed by atoms with Crippen LogP contribution >= 0.6 is 11.6 Å². The number of nitrogen functional groups attached to an aromatic ring is 1. The highest BCUT2D eigenvalue weighted by atomic mass is 35.5. The van der Waals surface area contributed by atoms with E-state index in [9.17, 15) is 9.65 Å². The summed E-state index contributed by atoms with van der Waals surface area (Å²) < 4.78 is 19.1. The third kappa shape index (κ3) is 3.05. The van der Waals surface area contributed by atoms with Crippen molar-refractivity contribution >= 4 is 39.8 Å². The fourth-order valence-electron chi connectivity index (χ4n) is 2.81. The zero-order chi connectivity index (χ0) is 19.0. The second-order valence-electron chi connectivity index (χ2n) is 5.81. The molecule has 3 N–H and O–H groups in total. The molecule has 27 heavy (non-hydrogen) atoms. The highest BCUT2D eigenvalue weighted by molar-refractivity contribution is 6.31. The zero-order valence-corrected chi connectivity index (χ0v) is 14.6. The molecule has 0 radical (unpaired) electrons. The molecular formula is C20H12ClFN4O. The van der Waals surface area contributed by atoms with Gasteiger partial charge in [0.15, 0.2) is 5.58 Å². The van der Waals surface area contributed by atoms with Gasteiger partial charge in [-0.2, -0.15) is 5.26 Å². The predicted molar refractivity (Wildman–Crippen MR) is 103 cm³/mol. The molecule has 0 aliphatic rings. The van der Waals surface area contributed by atoms with E-state index in [0.717, 1.165) is 5.56 Å². The molecule has 0 amide bonds. The van der Waals surface area contributed by atoms with Crippen LogP contribution < -0.4 is 11.1 Å². The maximum atomic E-state index is 13.4. The molecule has 0 atom stereocenters. The average molecular weight is 379 g/mol. The highest BCUT2D eigenvalue weighted by Crippen LogP contribution is 2.40. The fourth-order valence-corrected chi connectivity index (χ4v) is 2.99. The molecule has 0 fully saturated rings. The topological polar surface area (TPSA) is 87.9 Å². The van der Waals surface area contributed by atoms with Gasteiger partial charge in [-0.15, -0.1) is 0 Å². The van der Waals surface area contributed by atoms with Crippen LogP contribution in [0.2, 0.25) is 5.02 Å². The Morgan fingerprint density at radius 1 is 1.15 bits per heavy atom. The van der Waals surface area contributed by atoms with E-state index in [-0.39, 0.29) is 16.6 Å². The van der Waals surface area contributed by atoms with Crippen molar-refractivity contribution in [1.82, 2.24) is 4.98 Å². The summed E-state index contributed by atoms with van der Waals surface area (Å²) in [5.74, 6) is -0.394. The lowest BCUT2D eigenvalue weighted by molar-refractivity contribution is 0.628. The van der Waals surface area contributed by atoms with Gasteiger partial charge in [-0.3, -0.25) is 0 Å². The van der Waals surface area contributed by atoms with Crippen molar-refractivity contribution in [2.75, 3.05) is 11.1 Å². The Labute approximate surface area is 158 Å². The van der Waals surface area contributed by atoms with Gasteiger partial charge in [0.05, 0.1) is 10.4 Å². The second kappa shape index (κ2) is 6.63. The fraction of sp³-hybridized carbons (Fsp3) is 0. The summed E-state index contributed by atoms with van der Waals surface area (Å²) in [6.45, 7) is 0. The maximum absolute atomic E-state index is 13.4. The Balaban J connectivity index is 1.91. The Kier molecular flexibility index (Phi) is 4.15. The summed E-state index contributed by atoms with van der Waals surface area (Å²) >= 11 is 5.84. The van der Waals surface area contributed by atoms with E-state index >= 15 is 0 Å². The highest BCUT2D eigenvalue weighted by Gasteiger charge is 2.19. The van der Waals surface area contributed by atoms with Crippen LogP contribution in [0.25, 0.3) is 22.2 Å². The van der Waals surface area contributed by atoms with Gasteiger partial charge < -0.3 is 15.5 Å². The molecule has 4 rings (SSSR count). The number of rotatable bonds is 3. The van der Waals surface area contributed by atoms with Gasteiger partial charge in [0.25, 0.3) is 0 Å². The molecule has 2 aromatic carbocycles. The van der Waals surface area contributed by atoms with Crippen molar-refractivity contribution in [2.24, 2.45) is 0 Å². The van der Waals surface area contributed by atoms with Gasteiger partial charge in [-0.25, -0.2) is 9.37 Å². The molecule has 2 aromatic heterocycles. The molecule has 0 saturated heterocycles. The summed E-state index contributed by atoms with van der Waals surface area (Å²) in [5, 5.41) is 13.0. The third-order valence-electron chi connectivity index (χ3n) is 4.05. The molecule has 0 unspecified atom stereocenters. The quantitative estimate of drug-likeness (QED) is 0.492. The molecule has 132 valence electrons. The lowest BCUT2D eigenvalue weighted by atomic mass is 10.1. The summed E-state index contributed by atoms with van der Waals surface area (Å²) in [5.41, 5.74) is 9.05. The first-order chi connectivity index (χ1) is 13.1. The predicted octanol–water partition coefficient (Wildman–Crippen LogP) is 5.48. The van der Waals surface area contributed by atoms with Crippen molar-refractivity contribution in [3.8, 4) is 17.3 Å². The van der Waals surface area contributed by atoms with Crippen LogP contribution in [0, 0.1) is 17.1 Å². The van der Waals surface area contributed by atoms with Gasteiger partial charge in [-0.05, 0) is 24.3 Å². The number of nitriles is 1. The minimum absolute atomic E-state index is 0.0178. The molecule has 0 aliphatic carbocycles. The Morgan fingerprint density at radius 3 is 2.63 bits per heavy atom. The largest absolute Gasteiger partial charge is 0.436 e. The number of hydrogen-bond donors (Lipinski definition) is 2. The first kappa shape index (κ1) is 16.9. The number of pyridine rings is 1. The second-order valence-corrected chi connectivity index (χ2v) is 6.21. The minimum Gasteiger partial charge on any atom is -0.436 e. The molecule has 0 aliphatic heterocycles. The maximum Gasteiger partial charge on any atom is 0.215 e. The number of hydrogen-bond acceptors (Lipinski definition) is 5. The Bertz CT molecular complexity index is 1200. The van der Waals surface area contributed by atoms with E-state index in [2.05, 4.69) is 16.4 Å². The lowest BCUT2D eigenvalue weighted by Crippen LogP contribution is -1.95. The number of benzene rings is 2. The third-order valence-corrected chi connectivity index (χ3v) is 4.34. The Morgan fingerprint density at radius 2 is 1.93 bits per heavy atom. The number of anilines is 3. The standard InChI is InChI=1S/C20H12ClFN4O/c21-15-9-12(6-7-16(15)22)25-18-14-8-13(10-23)26-17(19(14)27-20(18)24)11-4-2-1-3-5-11/h1-9,25H,24H2. The molecule has 0 bridgehead atoms. The molecule has 0 spiro atoms. The van der Waals surface area contributed by atoms with E-state index in [4.69, 9.17) is 21.8 Å². The minimum atomic E-state index is -0.519. The zero-order valence-electron chi connectivity index (χ0n) is 13.8. The number of nitrogens with one attached hydrogen (secondary N) is 1.